The summed E-state index contributed by atoms with van der Waals surface area (Å²) in [5, 5.41) is 2.38. The maximum atomic E-state index is 5.61. The Kier molecular flexibility index (Phi) is 4.99. The van der Waals surface area contributed by atoms with Crippen LogP contribution in [-0.4, -0.2) is 13.2 Å². The van der Waals surface area contributed by atoms with Crippen molar-refractivity contribution in [3.8, 4) is 23.7 Å². The van der Waals surface area contributed by atoms with Crippen molar-refractivity contribution in [3.63, 3.8) is 0 Å². The van der Waals surface area contributed by atoms with Crippen molar-refractivity contribution in [2.75, 3.05) is 13.2 Å². The largest absolute Gasteiger partial charge is 0.372 e. The van der Waals surface area contributed by atoms with Gasteiger partial charge in [0.05, 0.1) is 13.2 Å². The van der Waals surface area contributed by atoms with Crippen LogP contribution in [0, 0.1) is 23.7 Å². The van der Waals surface area contributed by atoms with Crippen molar-refractivity contribution in [2.24, 2.45) is 0 Å². The van der Waals surface area contributed by atoms with Gasteiger partial charge in [-0.3, -0.25) is 0 Å². The molecule has 0 spiro atoms. The van der Waals surface area contributed by atoms with Gasteiger partial charge >= 0.3 is 0 Å². The number of ether oxygens (including phenoxy) is 2. The molecule has 1 heterocycles. The maximum absolute atomic E-state index is 5.61. The fourth-order valence-corrected chi connectivity index (χ4v) is 3.09. The molecule has 0 aromatic heterocycles. The highest BCUT2D eigenvalue weighted by Crippen LogP contribution is 2.30. The molecule has 0 N–H and O–H groups in total. The summed E-state index contributed by atoms with van der Waals surface area (Å²) in [6, 6.07) is 20.4. The zero-order valence-corrected chi connectivity index (χ0v) is 14.4. The first-order valence-corrected chi connectivity index (χ1v) is 8.63. The van der Waals surface area contributed by atoms with Crippen LogP contribution in [0.2, 0.25) is 0 Å². The molecule has 0 radical (unpaired) electrons. The quantitative estimate of drug-likeness (QED) is 0.513. The summed E-state index contributed by atoms with van der Waals surface area (Å²) in [5.74, 6) is 12.5. The first-order valence-electron chi connectivity index (χ1n) is 8.63. The molecule has 3 aromatic carbocycles. The smallest absolute Gasteiger partial charge is 0.109 e. The number of benzene rings is 3. The minimum absolute atomic E-state index is 0.363. The second-order valence-corrected chi connectivity index (χ2v) is 6.07. The van der Waals surface area contributed by atoms with Crippen LogP contribution in [0.1, 0.15) is 22.3 Å². The molecule has 3 aromatic rings. The Morgan fingerprint density at radius 1 is 0.846 bits per heavy atom. The lowest BCUT2D eigenvalue weighted by molar-refractivity contribution is 0.134. The van der Waals surface area contributed by atoms with E-state index in [2.05, 4.69) is 47.9 Å². The van der Waals surface area contributed by atoms with Crippen LogP contribution in [0.15, 0.2) is 60.7 Å². The number of hydrogen-bond acceptors (Lipinski definition) is 2. The number of hydrogen-bond donors (Lipinski definition) is 0. The Balaban J connectivity index is 1.45. The molecule has 0 fully saturated rings. The Hall–Kier alpha value is -3.04. The average Bonchev–Trinajstić information content (AvgIpc) is 3.15. The molecular weight excluding hydrogens is 320 g/mol. The van der Waals surface area contributed by atoms with Gasteiger partial charge in [0.2, 0.25) is 0 Å². The van der Waals surface area contributed by atoms with Crippen LogP contribution >= 0.6 is 0 Å². The predicted octanol–water partition coefficient (Wildman–Crippen LogP) is 4.29. The first-order chi connectivity index (χ1) is 12.9. The van der Waals surface area contributed by atoms with Crippen LogP contribution < -0.4 is 0 Å². The zero-order chi connectivity index (χ0) is 17.6. The Labute approximate surface area is 153 Å². The van der Waals surface area contributed by atoms with E-state index in [0.717, 1.165) is 11.1 Å². The Bertz CT molecular complexity index is 1040. The fraction of sp³-hybridized carbons (Fsp3) is 0.167. The first kappa shape index (κ1) is 16.4. The minimum atomic E-state index is 0.363. The third-order valence-electron chi connectivity index (χ3n) is 4.32. The predicted molar refractivity (Wildman–Crippen MR) is 103 cm³/mol. The standard InChI is InChI=1S/C24H18O2/c1-2-8-19(9-3-1)10-6-14-25-15-7-13-23-22-12-5-4-11-20(22)16-21-17-26-18-24(21)23/h1-5,8-9,11-12,16H,14-15,17-18H2. The summed E-state index contributed by atoms with van der Waals surface area (Å²) >= 11 is 0. The highest BCUT2D eigenvalue weighted by atomic mass is 16.5. The summed E-state index contributed by atoms with van der Waals surface area (Å²) in [6.45, 7) is 2.04. The van der Waals surface area contributed by atoms with Crippen molar-refractivity contribution in [1.29, 1.82) is 0 Å². The lowest BCUT2D eigenvalue weighted by Gasteiger charge is -2.06. The number of rotatable bonds is 2. The second-order valence-electron chi connectivity index (χ2n) is 6.07. The molecule has 1 aliphatic rings. The topological polar surface area (TPSA) is 18.5 Å². The Morgan fingerprint density at radius 2 is 1.62 bits per heavy atom. The number of fused-ring (bicyclic) bond motifs is 2. The van der Waals surface area contributed by atoms with E-state index in [-0.39, 0.29) is 0 Å². The molecule has 0 aliphatic carbocycles. The summed E-state index contributed by atoms with van der Waals surface area (Å²) in [6.07, 6.45) is 0. The van der Waals surface area contributed by atoms with Crippen LogP contribution in [0.25, 0.3) is 10.8 Å². The molecule has 2 nitrogen and oxygen atoms in total. The van der Waals surface area contributed by atoms with Gasteiger partial charge in [-0.2, -0.15) is 0 Å². The van der Waals surface area contributed by atoms with E-state index in [1.807, 2.05) is 36.4 Å². The van der Waals surface area contributed by atoms with Gasteiger partial charge in [0.1, 0.15) is 13.2 Å². The molecule has 0 unspecified atom stereocenters. The molecule has 26 heavy (non-hydrogen) atoms. The van der Waals surface area contributed by atoms with E-state index >= 15 is 0 Å². The molecule has 0 saturated carbocycles. The SMILES string of the molecule is C(#Cc1ccccc1)COCC#Cc1c2c(cc3ccccc13)COC2. The van der Waals surface area contributed by atoms with Gasteiger partial charge in [0.25, 0.3) is 0 Å². The van der Waals surface area contributed by atoms with E-state index in [4.69, 9.17) is 9.47 Å². The van der Waals surface area contributed by atoms with Gasteiger partial charge in [-0.15, -0.1) is 0 Å². The van der Waals surface area contributed by atoms with E-state index in [0.29, 0.717) is 26.4 Å². The highest BCUT2D eigenvalue weighted by Gasteiger charge is 2.17. The van der Waals surface area contributed by atoms with Gasteiger partial charge in [0.15, 0.2) is 0 Å². The van der Waals surface area contributed by atoms with Gasteiger partial charge in [0, 0.05) is 11.1 Å². The van der Waals surface area contributed by atoms with E-state index in [1.165, 1.54) is 21.9 Å². The van der Waals surface area contributed by atoms with Crippen molar-refractivity contribution >= 4 is 10.8 Å². The molecule has 0 atom stereocenters. The zero-order valence-electron chi connectivity index (χ0n) is 14.4. The lowest BCUT2D eigenvalue weighted by Crippen LogP contribution is -1.94. The monoisotopic (exact) mass is 338 g/mol. The van der Waals surface area contributed by atoms with Crippen molar-refractivity contribution in [2.45, 2.75) is 13.2 Å². The van der Waals surface area contributed by atoms with Gasteiger partial charge < -0.3 is 9.47 Å². The van der Waals surface area contributed by atoms with Gasteiger partial charge in [-0.25, -0.2) is 0 Å². The maximum Gasteiger partial charge on any atom is 0.109 e. The van der Waals surface area contributed by atoms with Crippen molar-refractivity contribution in [1.82, 2.24) is 0 Å². The second kappa shape index (κ2) is 7.89. The van der Waals surface area contributed by atoms with Crippen LogP contribution in [0.3, 0.4) is 0 Å². The summed E-state index contributed by atoms with van der Waals surface area (Å²) in [7, 11) is 0. The molecule has 0 bridgehead atoms. The Morgan fingerprint density at radius 3 is 2.50 bits per heavy atom. The normalized spacial score (nSPS) is 12.0. The molecule has 1 aliphatic heterocycles. The fourth-order valence-electron chi connectivity index (χ4n) is 3.09. The summed E-state index contributed by atoms with van der Waals surface area (Å²) in [5.41, 5.74) is 4.51. The van der Waals surface area contributed by atoms with Gasteiger partial charge in [-0.1, -0.05) is 66.1 Å². The molecule has 4 rings (SSSR count). The molecule has 126 valence electrons. The van der Waals surface area contributed by atoms with Crippen LogP contribution in [0.5, 0.6) is 0 Å². The summed E-state index contributed by atoms with van der Waals surface area (Å²) in [4.78, 5) is 0. The van der Waals surface area contributed by atoms with Crippen molar-refractivity contribution in [3.05, 3.63) is 82.9 Å². The lowest BCUT2D eigenvalue weighted by atomic mass is 9.96. The van der Waals surface area contributed by atoms with Crippen molar-refractivity contribution < 1.29 is 9.47 Å². The van der Waals surface area contributed by atoms with Crippen LogP contribution in [-0.2, 0) is 22.7 Å². The van der Waals surface area contributed by atoms with Crippen LogP contribution in [0.4, 0.5) is 0 Å². The summed E-state index contributed by atoms with van der Waals surface area (Å²) < 4.78 is 11.1. The molecule has 2 heteroatoms. The molecule has 0 amide bonds. The third-order valence-corrected chi connectivity index (χ3v) is 4.32. The average molecular weight is 338 g/mol. The minimum Gasteiger partial charge on any atom is -0.372 e. The van der Waals surface area contributed by atoms with E-state index < -0.39 is 0 Å². The van der Waals surface area contributed by atoms with Gasteiger partial charge in [-0.05, 0) is 40.1 Å². The van der Waals surface area contributed by atoms with E-state index in [9.17, 15) is 0 Å². The highest BCUT2D eigenvalue weighted by molar-refractivity contribution is 5.90. The third kappa shape index (κ3) is 3.63. The van der Waals surface area contributed by atoms with E-state index in [1.54, 1.807) is 0 Å². The molecule has 0 saturated heterocycles. The molecular formula is C24H18O2.